The highest BCUT2D eigenvalue weighted by atomic mass is 16.1. The Bertz CT molecular complexity index is 808. The van der Waals surface area contributed by atoms with Crippen LogP contribution in [0.4, 0.5) is 0 Å². The summed E-state index contributed by atoms with van der Waals surface area (Å²) in [4.78, 5) is 15.0. The van der Waals surface area contributed by atoms with Gasteiger partial charge in [-0.2, -0.15) is 0 Å². The molecule has 1 aromatic heterocycles. The van der Waals surface area contributed by atoms with Gasteiger partial charge in [0.15, 0.2) is 0 Å². The lowest BCUT2D eigenvalue weighted by molar-refractivity contribution is -0.120. The molecule has 4 N–H and O–H groups in total. The van der Waals surface area contributed by atoms with Crippen molar-refractivity contribution in [1.82, 2.24) is 10.3 Å². The van der Waals surface area contributed by atoms with Crippen LogP contribution >= 0.6 is 0 Å². The molecule has 0 aliphatic carbocycles. The van der Waals surface area contributed by atoms with Gasteiger partial charge in [0.05, 0.1) is 0 Å². The number of primary amides is 1. The largest absolute Gasteiger partial charge is 0.368 e. The van der Waals surface area contributed by atoms with Crippen LogP contribution in [0.15, 0.2) is 54.7 Å². The molecule has 1 amide bonds. The van der Waals surface area contributed by atoms with Crippen LogP contribution in [0.3, 0.4) is 0 Å². The number of benzene rings is 2. The van der Waals surface area contributed by atoms with Crippen LogP contribution in [0.2, 0.25) is 0 Å². The quantitative estimate of drug-likeness (QED) is 0.655. The minimum Gasteiger partial charge on any atom is -0.368 e. The third-order valence-electron chi connectivity index (χ3n) is 4.08. The molecule has 4 nitrogen and oxygen atoms in total. The fourth-order valence-electron chi connectivity index (χ4n) is 2.89. The lowest BCUT2D eigenvalue weighted by Gasteiger charge is -2.15. The Labute approximate surface area is 135 Å². The summed E-state index contributed by atoms with van der Waals surface area (Å²) in [5.41, 5.74) is 10.1. The summed E-state index contributed by atoms with van der Waals surface area (Å²) in [7, 11) is 0. The molecule has 23 heavy (non-hydrogen) atoms. The molecule has 3 rings (SSSR count). The number of hydrogen-bond acceptors (Lipinski definition) is 2. The Balaban J connectivity index is 1.68. The van der Waals surface area contributed by atoms with Crippen LogP contribution in [0, 0.1) is 6.92 Å². The number of H-pyrrole nitrogens is 1. The van der Waals surface area contributed by atoms with E-state index in [4.69, 9.17) is 5.73 Å². The Hall–Kier alpha value is -2.59. The molecular weight excluding hydrogens is 286 g/mol. The molecule has 3 aromatic rings. The van der Waals surface area contributed by atoms with Crippen molar-refractivity contribution in [3.05, 3.63) is 71.4 Å². The van der Waals surface area contributed by atoms with Crippen molar-refractivity contribution in [2.75, 3.05) is 6.54 Å². The predicted molar refractivity (Wildman–Crippen MR) is 93.1 cm³/mol. The fraction of sp³-hybridized carbons (Fsp3) is 0.211. The smallest absolute Gasteiger partial charge is 0.239 e. The molecule has 0 fully saturated rings. The first-order valence-electron chi connectivity index (χ1n) is 7.79. The molecule has 2 aromatic carbocycles. The summed E-state index contributed by atoms with van der Waals surface area (Å²) in [6.45, 7) is 2.77. The number of carbonyl (C=O) groups excluding carboxylic acids is 1. The number of nitrogens with one attached hydrogen (secondary N) is 2. The topological polar surface area (TPSA) is 70.9 Å². The number of hydrogen-bond donors (Lipinski definition) is 3. The van der Waals surface area contributed by atoms with Crippen molar-refractivity contribution in [3.63, 3.8) is 0 Å². The van der Waals surface area contributed by atoms with E-state index in [1.54, 1.807) is 0 Å². The van der Waals surface area contributed by atoms with Crippen LogP contribution in [0.1, 0.15) is 22.7 Å². The second-order valence-electron chi connectivity index (χ2n) is 5.81. The van der Waals surface area contributed by atoms with Crippen LogP contribution in [-0.2, 0) is 11.2 Å². The van der Waals surface area contributed by atoms with Crippen molar-refractivity contribution in [2.24, 2.45) is 5.73 Å². The molecule has 0 unspecified atom stereocenters. The van der Waals surface area contributed by atoms with Crippen LogP contribution in [0.5, 0.6) is 0 Å². The van der Waals surface area contributed by atoms with Gasteiger partial charge >= 0.3 is 0 Å². The van der Waals surface area contributed by atoms with Crippen molar-refractivity contribution in [1.29, 1.82) is 0 Å². The third-order valence-corrected chi connectivity index (χ3v) is 4.08. The van der Waals surface area contributed by atoms with E-state index in [2.05, 4.69) is 35.4 Å². The molecule has 0 aliphatic rings. The van der Waals surface area contributed by atoms with E-state index in [1.165, 1.54) is 16.5 Å². The monoisotopic (exact) mass is 307 g/mol. The van der Waals surface area contributed by atoms with E-state index < -0.39 is 6.04 Å². The summed E-state index contributed by atoms with van der Waals surface area (Å²) < 4.78 is 0. The zero-order valence-corrected chi connectivity index (χ0v) is 13.2. The Morgan fingerprint density at radius 2 is 2.00 bits per heavy atom. The number of aryl methyl sites for hydroxylation is 1. The Morgan fingerprint density at radius 1 is 1.22 bits per heavy atom. The molecular formula is C19H21N3O. The van der Waals surface area contributed by atoms with E-state index in [9.17, 15) is 4.79 Å². The number of carbonyl (C=O) groups is 1. The number of nitrogens with two attached hydrogens (primary N) is 1. The van der Waals surface area contributed by atoms with Gasteiger partial charge in [-0.1, -0.05) is 42.5 Å². The standard InChI is InChI=1S/C19H21N3O/c1-13-7-8-16-15(12-22-17(16)11-13)9-10-21-18(19(20)23)14-5-3-2-4-6-14/h2-8,11-12,18,21-22H,9-10H2,1H3,(H2,20,23)/t18-/m0/s1. The van der Waals surface area contributed by atoms with Gasteiger partial charge in [-0.25, -0.2) is 0 Å². The molecule has 1 heterocycles. The third kappa shape index (κ3) is 3.43. The van der Waals surface area contributed by atoms with Crippen molar-refractivity contribution < 1.29 is 4.79 Å². The summed E-state index contributed by atoms with van der Waals surface area (Å²) in [5, 5.41) is 4.49. The Morgan fingerprint density at radius 3 is 2.74 bits per heavy atom. The summed E-state index contributed by atoms with van der Waals surface area (Å²) in [6, 6.07) is 15.5. The normalized spacial score (nSPS) is 12.4. The SMILES string of the molecule is Cc1ccc2c(CCN[C@H](C(N)=O)c3ccccc3)c[nH]c2c1. The van der Waals surface area contributed by atoms with Crippen LogP contribution < -0.4 is 11.1 Å². The number of rotatable bonds is 6. The maximum Gasteiger partial charge on any atom is 0.239 e. The molecule has 1 atom stereocenters. The zero-order valence-electron chi connectivity index (χ0n) is 13.2. The first kappa shape index (κ1) is 15.3. The van der Waals surface area contributed by atoms with Gasteiger partial charge in [-0.15, -0.1) is 0 Å². The van der Waals surface area contributed by atoms with E-state index in [1.807, 2.05) is 36.5 Å². The molecule has 0 saturated heterocycles. The second-order valence-corrected chi connectivity index (χ2v) is 5.81. The van der Waals surface area contributed by atoms with E-state index in [-0.39, 0.29) is 5.91 Å². The van der Waals surface area contributed by atoms with Crippen LogP contribution in [-0.4, -0.2) is 17.4 Å². The average Bonchev–Trinajstić information content (AvgIpc) is 2.94. The molecule has 0 aliphatic heterocycles. The van der Waals surface area contributed by atoms with Gasteiger partial charge in [0.2, 0.25) is 5.91 Å². The molecule has 118 valence electrons. The van der Waals surface area contributed by atoms with E-state index >= 15 is 0 Å². The molecule has 0 radical (unpaired) electrons. The van der Waals surface area contributed by atoms with Crippen molar-refractivity contribution in [2.45, 2.75) is 19.4 Å². The highest BCUT2D eigenvalue weighted by Gasteiger charge is 2.16. The summed E-state index contributed by atoms with van der Waals surface area (Å²) >= 11 is 0. The number of aromatic nitrogens is 1. The Kier molecular flexibility index (Phi) is 4.44. The lowest BCUT2D eigenvalue weighted by Crippen LogP contribution is -2.34. The van der Waals surface area contributed by atoms with Gasteiger partial charge in [0.1, 0.15) is 6.04 Å². The summed E-state index contributed by atoms with van der Waals surface area (Å²) in [6.07, 6.45) is 2.87. The fourth-order valence-corrected chi connectivity index (χ4v) is 2.89. The highest BCUT2D eigenvalue weighted by Crippen LogP contribution is 2.20. The molecule has 0 spiro atoms. The first-order chi connectivity index (χ1) is 11.1. The predicted octanol–water partition coefficient (Wildman–Crippen LogP) is 2.84. The van der Waals surface area contributed by atoms with Gasteiger partial charge < -0.3 is 16.0 Å². The molecule has 4 heteroatoms. The van der Waals surface area contributed by atoms with Gasteiger partial charge in [0.25, 0.3) is 0 Å². The average molecular weight is 307 g/mol. The van der Waals surface area contributed by atoms with Crippen molar-refractivity contribution in [3.8, 4) is 0 Å². The van der Waals surface area contributed by atoms with Gasteiger partial charge in [-0.3, -0.25) is 4.79 Å². The number of fused-ring (bicyclic) bond motifs is 1. The van der Waals surface area contributed by atoms with E-state index in [0.29, 0.717) is 6.54 Å². The minimum absolute atomic E-state index is 0.356. The first-order valence-corrected chi connectivity index (χ1v) is 7.79. The molecule has 0 saturated carbocycles. The van der Waals surface area contributed by atoms with Gasteiger partial charge in [-0.05, 0) is 36.1 Å². The zero-order chi connectivity index (χ0) is 16.2. The van der Waals surface area contributed by atoms with E-state index in [0.717, 1.165) is 17.5 Å². The lowest BCUT2D eigenvalue weighted by atomic mass is 10.1. The van der Waals surface area contributed by atoms with Crippen LogP contribution in [0.25, 0.3) is 10.9 Å². The molecule has 0 bridgehead atoms. The highest BCUT2D eigenvalue weighted by molar-refractivity contribution is 5.84. The maximum absolute atomic E-state index is 11.7. The number of amides is 1. The van der Waals surface area contributed by atoms with Gasteiger partial charge in [0, 0.05) is 23.6 Å². The maximum atomic E-state index is 11.7. The second kappa shape index (κ2) is 6.67. The van der Waals surface area contributed by atoms with Crippen molar-refractivity contribution >= 4 is 16.8 Å². The summed E-state index contributed by atoms with van der Waals surface area (Å²) in [5.74, 6) is -0.356. The minimum atomic E-state index is -0.455. The number of aromatic amines is 1.